The highest BCUT2D eigenvalue weighted by molar-refractivity contribution is 5.83. The Kier molecular flexibility index (Phi) is 6.26. The molecule has 190 valence electrons. The van der Waals surface area contributed by atoms with Gasteiger partial charge in [0.15, 0.2) is 11.5 Å². The van der Waals surface area contributed by atoms with E-state index in [1.807, 2.05) is 30.5 Å². The summed E-state index contributed by atoms with van der Waals surface area (Å²) in [5.74, 6) is 3.31. The largest absolute Gasteiger partial charge is 0.493 e. The first-order valence-corrected chi connectivity index (χ1v) is 12.8. The highest BCUT2D eigenvalue weighted by Crippen LogP contribution is 2.41. The van der Waals surface area contributed by atoms with Crippen molar-refractivity contribution in [2.45, 2.75) is 43.7 Å². The Bertz CT molecular complexity index is 1410. The average Bonchev–Trinajstić information content (AvgIpc) is 3.72. The number of fused-ring (bicyclic) bond motifs is 1. The van der Waals surface area contributed by atoms with Crippen molar-refractivity contribution >= 4 is 34.0 Å². The van der Waals surface area contributed by atoms with Crippen molar-refractivity contribution in [2.24, 2.45) is 0 Å². The monoisotopic (exact) mass is 496 g/mol. The van der Waals surface area contributed by atoms with E-state index in [9.17, 15) is 0 Å². The molecule has 0 spiro atoms. The number of methoxy groups -OCH3 is 1. The van der Waals surface area contributed by atoms with Gasteiger partial charge in [-0.2, -0.15) is 4.98 Å². The van der Waals surface area contributed by atoms with E-state index in [1.165, 1.54) is 18.4 Å². The van der Waals surface area contributed by atoms with Gasteiger partial charge in [-0.1, -0.05) is 6.07 Å². The number of aromatic nitrogens is 3. The molecule has 2 aliphatic carbocycles. The predicted molar refractivity (Wildman–Crippen MR) is 146 cm³/mol. The van der Waals surface area contributed by atoms with Gasteiger partial charge in [0.05, 0.1) is 24.5 Å². The molecule has 2 aromatic heterocycles. The normalized spacial score (nSPS) is 18.9. The van der Waals surface area contributed by atoms with Gasteiger partial charge in [-0.3, -0.25) is 4.98 Å². The third-order valence-corrected chi connectivity index (χ3v) is 7.20. The molecule has 2 aliphatic rings. The minimum Gasteiger partial charge on any atom is -0.493 e. The minimum atomic E-state index is 0.219. The molecule has 8 heteroatoms. The number of nitrogens with one attached hydrogen (secondary N) is 2. The van der Waals surface area contributed by atoms with Crippen LogP contribution in [0.2, 0.25) is 0 Å². The first-order chi connectivity index (χ1) is 18.0. The Balaban J connectivity index is 1.13. The average molecular weight is 497 g/mol. The van der Waals surface area contributed by atoms with Crippen LogP contribution in [-0.2, 0) is 0 Å². The maximum absolute atomic E-state index is 6.17. The SMILES string of the molecule is COc1cc(Nc2nccc(Nc3cnc4ccc(C5CC5)cc4c3)n2)ccc1OC1CC(N(C)C)C1. The van der Waals surface area contributed by atoms with Crippen LogP contribution in [0.5, 0.6) is 11.5 Å². The number of benzene rings is 2. The highest BCUT2D eigenvalue weighted by Gasteiger charge is 2.32. The van der Waals surface area contributed by atoms with Gasteiger partial charge in [-0.15, -0.1) is 0 Å². The van der Waals surface area contributed by atoms with Gasteiger partial charge in [-0.05, 0) is 87.7 Å². The van der Waals surface area contributed by atoms with Crippen LogP contribution in [0.4, 0.5) is 23.1 Å². The van der Waals surface area contributed by atoms with Crippen LogP contribution in [0, 0.1) is 0 Å². The van der Waals surface area contributed by atoms with E-state index in [4.69, 9.17) is 9.47 Å². The van der Waals surface area contributed by atoms with Crippen LogP contribution < -0.4 is 20.1 Å². The summed E-state index contributed by atoms with van der Waals surface area (Å²) in [5, 5.41) is 7.77. The number of pyridine rings is 1. The molecule has 0 atom stereocenters. The number of hydrogen-bond donors (Lipinski definition) is 2. The zero-order chi connectivity index (χ0) is 25.4. The van der Waals surface area contributed by atoms with Gasteiger partial charge in [0.1, 0.15) is 11.9 Å². The summed E-state index contributed by atoms with van der Waals surface area (Å²) in [5.41, 5.74) is 4.11. The Hall–Kier alpha value is -3.91. The molecule has 2 saturated carbocycles. The van der Waals surface area contributed by atoms with Gasteiger partial charge >= 0.3 is 0 Å². The lowest BCUT2D eigenvalue weighted by Gasteiger charge is -2.39. The molecule has 0 amide bonds. The second kappa shape index (κ2) is 9.86. The number of rotatable bonds is 9. The molecule has 0 aliphatic heterocycles. The van der Waals surface area contributed by atoms with Crippen LogP contribution in [0.1, 0.15) is 37.2 Å². The minimum absolute atomic E-state index is 0.219. The van der Waals surface area contributed by atoms with Crippen molar-refractivity contribution in [1.82, 2.24) is 19.9 Å². The number of anilines is 4. The predicted octanol–water partition coefficient (Wildman–Crippen LogP) is 5.87. The van der Waals surface area contributed by atoms with Crippen molar-refractivity contribution in [2.75, 3.05) is 31.8 Å². The fourth-order valence-corrected chi connectivity index (χ4v) is 4.73. The van der Waals surface area contributed by atoms with E-state index in [-0.39, 0.29) is 6.10 Å². The second-order valence-electron chi connectivity index (χ2n) is 10.2. The highest BCUT2D eigenvalue weighted by atomic mass is 16.5. The molecule has 2 aromatic carbocycles. The van der Waals surface area contributed by atoms with Gasteiger partial charge in [0.25, 0.3) is 0 Å². The Morgan fingerprint density at radius 2 is 1.76 bits per heavy atom. The van der Waals surface area contributed by atoms with E-state index >= 15 is 0 Å². The standard InChI is InChI=1S/C29H32N6O2/c1-35(2)23-15-24(16-23)37-26-9-7-21(14-27(26)36-3)33-29-30-11-10-28(34-29)32-22-13-20-12-19(18-4-5-18)6-8-25(20)31-17-22/h6-14,17-18,23-24H,4-5,15-16H2,1-3H3,(H2,30,32,33,34). The van der Waals surface area contributed by atoms with Gasteiger partial charge in [0, 0.05) is 29.4 Å². The first-order valence-electron chi connectivity index (χ1n) is 12.8. The molecule has 0 unspecified atom stereocenters. The fraction of sp³-hybridized carbons (Fsp3) is 0.345. The van der Waals surface area contributed by atoms with Crippen LogP contribution in [-0.4, -0.2) is 53.2 Å². The molecule has 4 aromatic rings. The van der Waals surface area contributed by atoms with Crippen molar-refractivity contribution in [3.63, 3.8) is 0 Å². The van der Waals surface area contributed by atoms with E-state index < -0.39 is 0 Å². The zero-order valence-electron chi connectivity index (χ0n) is 21.4. The van der Waals surface area contributed by atoms with Gasteiger partial charge in [-0.25, -0.2) is 4.98 Å². The summed E-state index contributed by atoms with van der Waals surface area (Å²) in [4.78, 5) is 15.9. The Morgan fingerprint density at radius 3 is 2.54 bits per heavy atom. The molecular weight excluding hydrogens is 464 g/mol. The molecule has 2 heterocycles. The summed E-state index contributed by atoms with van der Waals surface area (Å²) in [6, 6.07) is 16.9. The first kappa shape index (κ1) is 23.5. The quantitative estimate of drug-likeness (QED) is 0.298. The van der Waals surface area contributed by atoms with Crippen molar-refractivity contribution in [3.8, 4) is 11.5 Å². The summed E-state index contributed by atoms with van der Waals surface area (Å²) in [7, 11) is 5.87. The van der Waals surface area contributed by atoms with E-state index in [0.29, 0.717) is 29.5 Å². The second-order valence-corrected chi connectivity index (χ2v) is 10.2. The molecule has 8 nitrogen and oxygen atoms in total. The van der Waals surface area contributed by atoms with Crippen LogP contribution in [0.25, 0.3) is 10.9 Å². The number of nitrogens with zero attached hydrogens (tertiary/aromatic N) is 4. The summed E-state index contributed by atoms with van der Waals surface area (Å²) < 4.78 is 11.8. The topological polar surface area (TPSA) is 84.4 Å². The van der Waals surface area contributed by atoms with Gasteiger partial charge in [0.2, 0.25) is 5.95 Å². The maximum Gasteiger partial charge on any atom is 0.229 e. The van der Waals surface area contributed by atoms with E-state index in [2.05, 4.69) is 68.8 Å². The third kappa shape index (κ3) is 5.29. The Labute approximate surface area is 217 Å². The van der Waals surface area contributed by atoms with E-state index in [1.54, 1.807) is 13.3 Å². The summed E-state index contributed by atoms with van der Waals surface area (Å²) in [6.45, 7) is 0. The number of hydrogen-bond acceptors (Lipinski definition) is 8. The molecular formula is C29H32N6O2. The maximum atomic E-state index is 6.17. The van der Waals surface area contributed by atoms with Crippen LogP contribution in [0.15, 0.2) is 60.9 Å². The van der Waals surface area contributed by atoms with Crippen molar-refractivity contribution in [3.05, 3.63) is 66.5 Å². The molecule has 0 saturated heterocycles. The summed E-state index contributed by atoms with van der Waals surface area (Å²) in [6.07, 6.45) is 8.40. The lowest BCUT2D eigenvalue weighted by molar-refractivity contribution is 0.0383. The zero-order valence-corrected chi connectivity index (χ0v) is 21.4. The number of ether oxygens (including phenoxy) is 2. The fourth-order valence-electron chi connectivity index (χ4n) is 4.73. The van der Waals surface area contributed by atoms with Crippen molar-refractivity contribution in [1.29, 1.82) is 0 Å². The lowest BCUT2D eigenvalue weighted by atomic mass is 9.88. The molecule has 2 N–H and O–H groups in total. The van der Waals surface area contributed by atoms with E-state index in [0.717, 1.165) is 40.9 Å². The molecule has 0 bridgehead atoms. The molecule has 0 radical (unpaired) electrons. The van der Waals surface area contributed by atoms with Gasteiger partial charge < -0.3 is 25.0 Å². The summed E-state index contributed by atoms with van der Waals surface area (Å²) >= 11 is 0. The third-order valence-electron chi connectivity index (χ3n) is 7.20. The molecule has 2 fully saturated rings. The lowest BCUT2D eigenvalue weighted by Crippen LogP contribution is -2.46. The van der Waals surface area contributed by atoms with Crippen LogP contribution >= 0.6 is 0 Å². The smallest absolute Gasteiger partial charge is 0.229 e. The Morgan fingerprint density at radius 1 is 0.892 bits per heavy atom. The van der Waals surface area contributed by atoms with Crippen LogP contribution in [0.3, 0.4) is 0 Å². The molecule has 6 rings (SSSR count). The molecule has 37 heavy (non-hydrogen) atoms. The van der Waals surface area contributed by atoms with Crippen molar-refractivity contribution < 1.29 is 9.47 Å².